The van der Waals surface area contributed by atoms with E-state index in [2.05, 4.69) is 46.8 Å². The van der Waals surface area contributed by atoms with E-state index in [0.29, 0.717) is 17.0 Å². The molecule has 1 atom stereocenters. The number of rotatable bonds is 7. The van der Waals surface area contributed by atoms with Crippen LogP contribution in [0.3, 0.4) is 0 Å². The van der Waals surface area contributed by atoms with Gasteiger partial charge in [0.15, 0.2) is 11.7 Å². The Labute approximate surface area is 187 Å². The lowest BCUT2D eigenvalue weighted by atomic mass is 10.1. The van der Waals surface area contributed by atoms with Gasteiger partial charge in [-0.25, -0.2) is 9.97 Å². The fraction of sp³-hybridized carbons (Fsp3) is 0.280. The van der Waals surface area contributed by atoms with E-state index in [0.717, 1.165) is 38.2 Å². The molecule has 4 rings (SSSR count). The van der Waals surface area contributed by atoms with Gasteiger partial charge in [-0.15, -0.1) is 0 Å². The molecule has 0 unspecified atom stereocenters. The maximum Gasteiger partial charge on any atom is 0.330 e. The molecule has 0 amide bonds. The third kappa shape index (κ3) is 4.76. The molecular formula is C25H26N5O2+. The zero-order chi connectivity index (χ0) is 22.3. The number of hydrogen-bond donors (Lipinski definition) is 1. The van der Waals surface area contributed by atoms with Crippen molar-refractivity contribution in [3.8, 4) is 6.07 Å². The van der Waals surface area contributed by atoms with Crippen molar-refractivity contribution in [1.29, 1.82) is 5.26 Å². The number of nitriles is 1. The highest BCUT2D eigenvalue weighted by atomic mass is 16.5. The van der Waals surface area contributed by atoms with E-state index < -0.39 is 11.9 Å². The summed E-state index contributed by atoms with van der Waals surface area (Å²) < 4.78 is 5.17. The Balaban J connectivity index is 1.60. The van der Waals surface area contributed by atoms with E-state index in [-0.39, 0.29) is 6.61 Å². The summed E-state index contributed by atoms with van der Waals surface area (Å²) in [6, 6.07) is 20.0. The molecular weight excluding hydrogens is 402 g/mol. The predicted octanol–water partition coefficient (Wildman–Crippen LogP) is 1.87. The highest BCUT2D eigenvalue weighted by Crippen LogP contribution is 2.28. The van der Waals surface area contributed by atoms with E-state index in [9.17, 15) is 10.1 Å². The number of aromatic nitrogens is 2. The number of carbonyl (C=O) groups is 1. The minimum Gasteiger partial charge on any atom is -0.460 e. The molecule has 7 nitrogen and oxygen atoms in total. The van der Waals surface area contributed by atoms with E-state index in [1.54, 1.807) is 0 Å². The first-order chi connectivity index (χ1) is 15.7. The van der Waals surface area contributed by atoms with Gasteiger partial charge in [0.25, 0.3) is 0 Å². The van der Waals surface area contributed by atoms with Crippen LogP contribution in [0.4, 0.5) is 5.82 Å². The minimum absolute atomic E-state index is 0.0505. The number of hydrogen-bond acceptors (Lipinski definition) is 6. The molecule has 0 bridgehead atoms. The summed E-state index contributed by atoms with van der Waals surface area (Å²) in [5, 5.41) is 9.78. The zero-order valence-corrected chi connectivity index (χ0v) is 17.9. The van der Waals surface area contributed by atoms with E-state index in [4.69, 9.17) is 9.72 Å². The molecule has 2 heterocycles. The first kappa shape index (κ1) is 21.5. The van der Waals surface area contributed by atoms with Crippen molar-refractivity contribution < 1.29 is 14.4 Å². The maximum absolute atomic E-state index is 12.6. The molecule has 1 aliphatic rings. The summed E-state index contributed by atoms with van der Waals surface area (Å²) in [5.41, 5.74) is 3.06. The molecule has 162 valence electrons. The molecule has 1 fully saturated rings. The van der Waals surface area contributed by atoms with Crippen LogP contribution >= 0.6 is 0 Å². The number of piperazine rings is 1. The van der Waals surface area contributed by atoms with Crippen molar-refractivity contribution in [3.05, 3.63) is 78.5 Å². The molecule has 1 aliphatic heterocycles. The third-order valence-electron chi connectivity index (χ3n) is 5.63. The fourth-order valence-electron chi connectivity index (χ4n) is 3.98. The summed E-state index contributed by atoms with van der Waals surface area (Å²) in [5.74, 6) is -1.19. The second-order valence-corrected chi connectivity index (χ2v) is 7.80. The summed E-state index contributed by atoms with van der Waals surface area (Å²) in [6.45, 7) is 7.98. The molecule has 1 N–H and O–H groups in total. The van der Waals surface area contributed by atoms with Gasteiger partial charge in [0, 0.05) is 5.56 Å². The van der Waals surface area contributed by atoms with Gasteiger partial charge in [-0.1, -0.05) is 55.1 Å². The van der Waals surface area contributed by atoms with Crippen molar-refractivity contribution in [2.45, 2.75) is 12.5 Å². The second-order valence-electron chi connectivity index (χ2n) is 7.80. The monoisotopic (exact) mass is 428 g/mol. The first-order valence-electron chi connectivity index (χ1n) is 10.8. The van der Waals surface area contributed by atoms with E-state index in [1.165, 1.54) is 16.5 Å². The fourth-order valence-corrected chi connectivity index (χ4v) is 3.98. The number of benzene rings is 2. The number of para-hydroxylation sites is 2. The lowest BCUT2D eigenvalue weighted by Gasteiger charge is -2.34. The van der Waals surface area contributed by atoms with Gasteiger partial charge in [0.05, 0.1) is 43.3 Å². The summed E-state index contributed by atoms with van der Waals surface area (Å²) in [6.07, 6.45) is 1.48. The molecule has 0 radical (unpaired) electrons. The Morgan fingerprint density at radius 1 is 1.12 bits per heavy atom. The number of quaternary nitrogens is 1. The van der Waals surface area contributed by atoms with E-state index >= 15 is 0 Å². The first-order valence-corrected chi connectivity index (χ1v) is 10.8. The molecule has 1 aromatic heterocycles. The van der Waals surface area contributed by atoms with Gasteiger partial charge in [0.2, 0.25) is 0 Å². The SMILES string of the molecule is C=CCOC(=O)[C@@H](C#N)c1nc2ccccc2nc1N1CC[NH+](Cc2ccccc2)CC1. The van der Waals surface area contributed by atoms with Gasteiger partial charge in [0.1, 0.15) is 18.8 Å². The highest BCUT2D eigenvalue weighted by Gasteiger charge is 2.31. The number of nitrogens with one attached hydrogen (secondary N) is 1. The van der Waals surface area contributed by atoms with Crippen LogP contribution in [-0.2, 0) is 16.1 Å². The molecule has 0 saturated carbocycles. The molecule has 0 spiro atoms. The van der Waals surface area contributed by atoms with Crippen LogP contribution in [0, 0.1) is 11.3 Å². The second kappa shape index (κ2) is 10.0. The highest BCUT2D eigenvalue weighted by molar-refractivity contribution is 5.85. The average Bonchev–Trinajstić information content (AvgIpc) is 2.84. The Morgan fingerprint density at radius 3 is 2.44 bits per heavy atom. The van der Waals surface area contributed by atoms with Gasteiger partial charge >= 0.3 is 5.97 Å². The average molecular weight is 429 g/mol. The number of carbonyl (C=O) groups excluding carboxylic acids is 1. The standard InChI is InChI=1S/C25H25N5O2/c1-2-16-32-25(31)20(17-26)23-24(28-22-11-7-6-10-21(22)27-23)30-14-12-29(13-15-30)18-19-8-4-3-5-9-19/h2-11,20H,1,12-16,18H2/p+1/t20-/m0/s1. The summed E-state index contributed by atoms with van der Waals surface area (Å²) in [4.78, 5) is 25.7. The van der Waals surface area contributed by atoms with E-state index in [1.807, 2.05) is 30.3 Å². The van der Waals surface area contributed by atoms with Gasteiger partial charge in [-0.05, 0) is 12.1 Å². The van der Waals surface area contributed by atoms with Crippen molar-refractivity contribution in [2.24, 2.45) is 0 Å². The van der Waals surface area contributed by atoms with Crippen molar-refractivity contribution in [3.63, 3.8) is 0 Å². The zero-order valence-electron chi connectivity index (χ0n) is 17.9. The summed E-state index contributed by atoms with van der Waals surface area (Å²) >= 11 is 0. The minimum atomic E-state index is -1.14. The van der Waals surface area contributed by atoms with Crippen molar-refractivity contribution in [1.82, 2.24) is 9.97 Å². The number of esters is 1. The Kier molecular flexibility index (Phi) is 6.73. The largest absolute Gasteiger partial charge is 0.460 e. The molecule has 2 aromatic carbocycles. The van der Waals surface area contributed by atoms with Crippen LogP contribution in [0.15, 0.2) is 67.3 Å². The van der Waals surface area contributed by atoms with Crippen LogP contribution in [0.2, 0.25) is 0 Å². The Hall–Kier alpha value is -3.76. The van der Waals surface area contributed by atoms with Crippen molar-refractivity contribution >= 4 is 22.8 Å². The quantitative estimate of drug-likeness (QED) is 0.457. The van der Waals surface area contributed by atoms with Crippen LogP contribution in [0.5, 0.6) is 0 Å². The molecule has 3 aromatic rings. The van der Waals surface area contributed by atoms with Crippen LogP contribution < -0.4 is 9.80 Å². The number of ether oxygens (including phenoxy) is 1. The van der Waals surface area contributed by atoms with Gasteiger partial charge < -0.3 is 14.5 Å². The van der Waals surface area contributed by atoms with Crippen molar-refractivity contribution in [2.75, 3.05) is 37.7 Å². The Morgan fingerprint density at radius 2 is 1.78 bits per heavy atom. The normalized spacial score (nSPS) is 15.2. The van der Waals surface area contributed by atoms with Crippen LogP contribution in [0.1, 0.15) is 17.2 Å². The molecule has 7 heteroatoms. The third-order valence-corrected chi connectivity index (χ3v) is 5.63. The Bertz CT molecular complexity index is 1130. The number of anilines is 1. The lowest BCUT2D eigenvalue weighted by molar-refractivity contribution is -0.914. The maximum atomic E-state index is 12.6. The van der Waals surface area contributed by atoms with Crippen LogP contribution in [-0.4, -0.2) is 48.7 Å². The topological polar surface area (TPSA) is 83.5 Å². The summed E-state index contributed by atoms with van der Waals surface area (Å²) in [7, 11) is 0. The van der Waals surface area contributed by atoms with Crippen LogP contribution in [0.25, 0.3) is 11.0 Å². The number of fused-ring (bicyclic) bond motifs is 1. The number of nitrogens with zero attached hydrogens (tertiary/aromatic N) is 4. The molecule has 32 heavy (non-hydrogen) atoms. The molecule has 1 saturated heterocycles. The predicted molar refractivity (Wildman–Crippen MR) is 122 cm³/mol. The van der Waals surface area contributed by atoms with Gasteiger partial charge in [-0.3, -0.25) is 4.79 Å². The smallest absolute Gasteiger partial charge is 0.330 e. The van der Waals surface area contributed by atoms with Gasteiger partial charge in [-0.2, -0.15) is 5.26 Å². The molecule has 0 aliphatic carbocycles. The lowest BCUT2D eigenvalue weighted by Crippen LogP contribution is -3.13.